The third-order valence-electron chi connectivity index (χ3n) is 2.74. The van der Waals surface area contributed by atoms with Gasteiger partial charge in [0.05, 0.1) is 6.04 Å². The second kappa shape index (κ2) is 7.05. The molecule has 0 saturated carbocycles. The van der Waals surface area contributed by atoms with E-state index in [0.717, 1.165) is 6.42 Å². The molecule has 1 aromatic rings. The molecule has 2 unspecified atom stereocenters. The first-order valence-corrected chi connectivity index (χ1v) is 6.25. The number of hydrogen-bond acceptors (Lipinski definition) is 5. The summed E-state index contributed by atoms with van der Waals surface area (Å²) in [6.45, 7) is 6.61. The minimum Gasteiger partial charge on any atom is -0.346 e. The SMILES string of the molecule is CC(C)CC(CN)CC(=O)NC(C)c1nn[nH]n1. The highest BCUT2D eigenvalue weighted by molar-refractivity contribution is 5.76. The molecule has 7 nitrogen and oxygen atoms in total. The van der Waals surface area contributed by atoms with Crippen molar-refractivity contribution in [2.75, 3.05) is 6.54 Å². The van der Waals surface area contributed by atoms with Crippen molar-refractivity contribution in [2.24, 2.45) is 17.6 Å². The first-order valence-electron chi connectivity index (χ1n) is 6.25. The minimum atomic E-state index is -0.242. The Hall–Kier alpha value is -1.50. The predicted molar refractivity (Wildman–Crippen MR) is 67.4 cm³/mol. The fourth-order valence-corrected chi connectivity index (χ4v) is 1.91. The fraction of sp³-hybridized carbons (Fsp3) is 0.818. The lowest BCUT2D eigenvalue weighted by Gasteiger charge is -2.17. The van der Waals surface area contributed by atoms with E-state index in [0.29, 0.717) is 24.7 Å². The van der Waals surface area contributed by atoms with Crippen molar-refractivity contribution in [1.82, 2.24) is 25.9 Å². The zero-order chi connectivity index (χ0) is 13.5. The number of rotatable bonds is 7. The fourth-order valence-electron chi connectivity index (χ4n) is 1.91. The lowest BCUT2D eigenvalue weighted by atomic mass is 9.94. The molecule has 1 heterocycles. The van der Waals surface area contributed by atoms with Gasteiger partial charge in [-0.2, -0.15) is 5.21 Å². The number of tetrazole rings is 1. The molecule has 0 radical (unpaired) electrons. The Balaban J connectivity index is 2.40. The summed E-state index contributed by atoms with van der Waals surface area (Å²) in [5, 5.41) is 16.3. The number of hydrogen-bond donors (Lipinski definition) is 3. The molecular weight excluding hydrogens is 232 g/mol. The molecule has 0 aliphatic rings. The molecule has 4 N–H and O–H groups in total. The van der Waals surface area contributed by atoms with E-state index >= 15 is 0 Å². The molecular formula is C11H22N6O. The Kier molecular flexibility index (Phi) is 5.70. The van der Waals surface area contributed by atoms with Crippen molar-refractivity contribution in [3.63, 3.8) is 0 Å². The van der Waals surface area contributed by atoms with E-state index in [1.165, 1.54) is 0 Å². The van der Waals surface area contributed by atoms with Crippen LogP contribution in [0.25, 0.3) is 0 Å². The summed E-state index contributed by atoms with van der Waals surface area (Å²) >= 11 is 0. The van der Waals surface area contributed by atoms with Gasteiger partial charge >= 0.3 is 0 Å². The Morgan fingerprint density at radius 2 is 2.17 bits per heavy atom. The third-order valence-corrected chi connectivity index (χ3v) is 2.74. The number of amides is 1. The van der Waals surface area contributed by atoms with E-state index in [9.17, 15) is 4.79 Å². The highest BCUT2D eigenvalue weighted by Gasteiger charge is 2.17. The van der Waals surface area contributed by atoms with Crippen LogP contribution in [0.15, 0.2) is 0 Å². The molecule has 0 spiro atoms. The molecule has 0 saturated heterocycles. The number of aromatic amines is 1. The summed E-state index contributed by atoms with van der Waals surface area (Å²) in [7, 11) is 0. The number of nitrogens with one attached hydrogen (secondary N) is 2. The van der Waals surface area contributed by atoms with Crippen LogP contribution in [0.5, 0.6) is 0 Å². The van der Waals surface area contributed by atoms with Crippen LogP contribution in [0.3, 0.4) is 0 Å². The highest BCUT2D eigenvalue weighted by Crippen LogP contribution is 2.15. The first kappa shape index (κ1) is 14.6. The molecule has 2 atom stereocenters. The molecule has 0 bridgehead atoms. The molecule has 1 rings (SSSR count). The van der Waals surface area contributed by atoms with Crippen LogP contribution in [0.2, 0.25) is 0 Å². The van der Waals surface area contributed by atoms with Gasteiger partial charge in [-0.25, -0.2) is 0 Å². The number of carbonyl (C=O) groups excluding carboxylic acids is 1. The van der Waals surface area contributed by atoms with Gasteiger partial charge in [0, 0.05) is 6.42 Å². The van der Waals surface area contributed by atoms with Crippen LogP contribution in [-0.2, 0) is 4.79 Å². The van der Waals surface area contributed by atoms with Crippen molar-refractivity contribution < 1.29 is 4.79 Å². The van der Waals surface area contributed by atoms with Gasteiger partial charge in [-0.15, -0.1) is 10.2 Å². The van der Waals surface area contributed by atoms with Crippen molar-refractivity contribution in [3.8, 4) is 0 Å². The topological polar surface area (TPSA) is 110 Å². The summed E-state index contributed by atoms with van der Waals surface area (Å²) in [5.74, 6) is 1.23. The van der Waals surface area contributed by atoms with Crippen LogP contribution >= 0.6 is 0 Å². The van der Waals surface area contributed by atoms with Crippen molar-refractivity contribution in [2.45, 2.75) is 39.7 Å². The van der Waals surface area contributed by atoms with Crippen molar-refractivity contribution in [3.05, 3.63) is 5.82 Å². The molecule has 0 aliphatic carbocycles. The van der Waals surface area contributed by atoms with Crippen LogP contribution < -0.4 is 11.1 Å². The molecule has 0 aliphatic heterocycles. The zero-order valence-electron chi connectivity index (χ0n) is 11.2. The van der Waals surface area contributed by atoms with E-state index in [1.54, 1.807) is 0 Å². The number of nitrogens with zero attached hydrogens (tertiary/aromatic N) is 3. The number of aromatic nitrogens is 4. The highest BCUT2D eigenvalue weighted by atomic mass is 16.1. The lowest BCUT2D eigenvalue weighted by Crippen LogP contribution is -2.31. The van der Waals surface area contributed by atoms with E-state index in [4.69, 9.17) is 5.73 Å². The largest absolute Gasteiger partial charge is 0.346 e. The summed E-state index contributed by atoms with van der Waals surface area (Å²) < 4.78 is 0. The maximum atomic E-state index is 11.8. The lowest BCUT2D eigenvalue weighted by molar-refractivity contribution is -0.122. The van der Waals surface area contributed by atoms with Gasteiger partial charge in [0.15, 0.2) is 5.82 Å². The molecule has 1 amide bonds. The monoisotopic (exact) mass is 254 g/mol. The second-order valence-corrected chi connectivity index (χ2v) is 4.99. The van der Waals surface area contributed by atoms with Gasteiger partial charge in [0.25, 0.3) is 0 Å². The van der Waals surface area contributed by atoms with Gasteiger partial charge in [0.1, 0.15) is 0 Å². The minimum absolute atomic E-state index is 0.0246. The Morgan fingerprint density at radius 1 is 1.44 bits per heavy atom. The molecule has 102 valence electrons. The van der Waals surface area contributed by atoms with Gasteiger partial charge in [0.2, 0.25) is 5.91 Å². The first-order chi connectivity index (χ1) is 8.52. The molecule has 18 heavy (non-hydrogen) atoms. The zero-order valence-corrected chi connectivity index (χ0v) is 11.2. The van der Waals surface area contributed by atoms with Gasteiger partial charge in [-0.1, -0.05) is 19.1 Å². The maximum absolute atomic E-state index is 11.8. The van der Waals surface area contributed by atoms with Crippen molar-refractivity contribution >= 4 is 5.91 Å². The standard InChI is InChI=1S/C11H22N6O/c1-7(2)4-9(6-12)5-10(18)13-8(3)11-14-16-17-15-11/h7-9H,4-6,12H2,1-3H3,(H,13,18)(H,14,15,16,17). The summed E-state index contributed by atoms with van der Waals surface area (Å²) in [6, 6.07) is -0.242. The number of nitrogens with two attached hydrogens (primary N) is 1. The number of H-pyrrole nitrogens is 1. The van der Waals surface area contributed by atoms with E-state index in [1.807, 2.05) is 6.92 Å². The van der Waals surface area contributed by atoms with Crippen LogP contribution in [0, 0.1) is 11.8 Å². The second-order valence-electron chi connectivity index (χ2n) is 4.99. The Labute approximate surface area is 107 Å². The average Bonchev–Trinajstić information content (AvgIpc) is 2.80. The molecule has 0 aromatic carbocycles. The quantitative estimate of drug-likeness (QED) is 0.652. The maximum Gasteiger partial charge on any atom is 0.220 e. The summed E-state index contributed by atoms with van der Waals surface area (Å²) in [5.41, 5.74) is 5.68. The predicted octanol–water partition coefficient (Wildman–Crippen LogP) is 0.388. The van der Waals surface area contributed by atoms with Crippen molar-refractivity contribution in [1.29, 1.82) is 0 Å². The van der Waals surface area contributed by atoms with Gasteiger partial charge in [-0.05, 0) is 31.7 Å². The third kappa shape index (κ3) is 4.79. The van der Waals surface area contributed by atoms with E-state index in [-0.39, 0.29) is 17.9 Å². The van der Waals surface area contributed by atoms with E-state index in [2.05, 4.69) is 39.8 Å². The summed E-state index contributed by atoms with van der Waals surface area (Å²) in [4.78, 5) is 11.8. The smallest absolute Gasteiger partial charge is 0.220 e. The Bertz CT molecular complexity index is 350. The van der Waals surface area contributed by atoms with Crippen LogP contribution in [0.1, 0.15) is 45.5 Å². The molecule has 0 fully saturated rings. The van der Waals surface area contributed by atoms with E-state index < -0.39 is 0 Å². The molecule has 7 heteroatoms. The molecule has 1 aromatic heterocycles. The van der Waals surface area contributed by atoms with Gasteiger partial charge in [-0.3, -0.25) is 4.79 Å². The van der Waals surface area contributed by atoms with Crippen LogP contribution in [-0.4, -0.2) is 33.1 Å². The normalized spacial score (nSPS) is 14.5. The summed E-state index contributed by atoms with van der Waals surface area (Å²) in [6.07, 6.45) is 1.40. The van der Waals surface area contributed by atoms with Gasteiger partial charge < -0.3 is 11.1 Å². The number of carbonyl (C=O) groups is 1. The van der Waals surface area contributed by atoms with Crippen LogP contribution in [0.4, 0.5) is 0 Å². The average molecular weight is 254 g/mol. The Morgan fingerprint density at radius 3 is 2.67 bits per heavy atom.